The summed E-state index contributed by atoms with van der Waals surface area (Å²) in [5.41, 5.74) is 0. The Bertz CT molecular complexity index is 237. The molecule has 0 aliphatic carbocycles. The van der Waals surface area contributed by atoms with Gasteiger partial charge in [0.05, 0.1) is 0 Å². The van der Waals surface area contributed by atoms with Gasteiger partial charge in [-0.2, -0.15) is 0 Å². The number of hydrogen-bond donors (Lipinski definition) is 0. The Kier molecular flexibility index (Phi) is 3.70. The molecule has 1 saturated heterocycles. The SMILES string of the molecule is CCC[O][Co](=[O])[N]1C(=O)CCC1=O. The summed E-state index contributed by atoms with van der Waals surface area (Å²) in [7, 11) is 0. The molecule has 0 saturated carbocycles. The van der Waals surface area contributed by atoms with Gasteiger partial charge < -0.3 is 0 Å². The number of carbonyl (C=O) groups excluding carboxylic acids is 2. The van der Waals surface area contributed by atoms with E-state index in [0.717, 1.165) is 3.95 Å². The molecule has 1 fully saturated rings. The van der Waals surface area contributed by atoms with Crippen LogP contribution in [0.15, 0.2) is 0 Å². The summed E-state index contributed by atoms with van der Waals surface area (Å²) in [6, 6.07) is 0. The third-order valence-corrected chi connectivity index (χ3v) is 2.81. The molecule has 1 aliphatic heterocycles. The molecular weight excluding hydrogens is 221 g/mol. The zero-order valence-corrected chi connectivity index (χ0v) is 8.28. The quantitative estimate of drug-likeness (QED) is 0.656. The number of amides is 2. The Labute approximate surface area is 80.5 Å². The van der Waals surface area contributed by atoms with Crippen molar-refractivity contribution >= 4 is 11.8 Å². The molecule has 1 aliphatic rings. The van der Waals surface area contributed by atoms with Crippen molar-refractivity contribution in [1.82, 2.24) is 3.95 Å². The van der Waals surface area contributed by atoms with Crippen molar-refractivity contribution in [1.29, 1.82) is 0 Å². The predicted octanol–water partition coefficient (Wildman–Crippen LogP) is 0.356. The fourth-order valence-electron chi connectivity index (χ4n) is 0.844. The zero-order chi connectivity index (χ0) is 9.84. The van der Waals surface area contributed by atoms with Crippen LogP contribution in [0.4, 0.5) is 0 Å². The molecule has 0 aromatic carbocycles. The Morgan fingerprint density at radius 1 is 1.38 bits per heavy atom. The molecule has 77 valence electrons. The van der Waals surface area contributed by atoms with E-state index in [1.807, 2.05) is 6.92 Å². The molecule has 0 spiro atoms. The average Bonchev–Trinajstić information content (AvgIpc) is 2.42. The van der Waals surface area contributed by atoms with Gasteiger partial charge >= 0.3 is 80.0 Å². The van der Waals surface area contributed by atoms with Crippen LogP contribution in [0.25, 0.3) is 0 Å². The van der Waals surface area contributed by atoms with Crippen molar-refractivity contribution in [3.05, 3.63) is 0 Å². The molecule has 1 rings (SSSR count). The minimum atomic E-state index is -2.26. The summed E-state index contributed by atoms with van der Waals surface area (Å²) in [6.07, 6.45) is 1.00. The molecule has 5 nitrogen and oxygen atoms in total. The number of rotatable bonds is 4. The van der Waals surface area contributed by atoms with Gasteiger partial charge in [0.2, 0.25) is 0 Å². The molecule has 13 heavy (non-hydrogen) atoms. The first-order valence-corrected chi connectivity index (χ1v) is 5.30. The molecule has 0 unspecified atom stereocenters. The van der Waals surface area contributed by atoms with Crippen LogP contribution in [-0.2, 0) is 31.4 Å². The van der Waals surface area contributed by atoms with E-state index < -0.39 is 25.9 Å². The zero-order valence-electron chi connectivity index (χ0n) is 7.24. The second-order valence-corrected chi connectivity index (χ2v) is 3.85. The summed E-state index contributed by atoms with van der Waals surface area (Å²) in [5.74, 6) is -0.804. The molecular formula is C7H11CoNO4. The number of carbonyl (C=O) groups is 2. The Balaban J connectivity index is 2.54. The van der Waals surface area contributed by atoms with E-state index in [9.17, 15) is 13.5 Å². The van der Waals surface area contributed by atoms with Crippen LogP contribution in [-0.4, -0.2) is 22.4 Å². The summed E-state index contributed by atoms with van der Waals surface area (Å²) in [5, 5.41) is 0. The molecule has 2 amide bonds. The second kappa shape index (κ2) is 4.59. The molecule has 1 heterocycles. The van der Waals surface area contributed by atoms with Crippen molar-refractivity contribution in [3.8, 4) is 0 Å². The molecule has 0 bridgehead atoms. The van der Waals surface area contributed by atoms with Gasteiger partial charge in [-0.25, -0.2) is 0 Å². The van der Waals surface area contributed by atoms with Gasteiger partial charge in [-0.1, -0.05) is 0 Å². The first-order valence-electron chi connectivity index (χ1n) is 3.98. The predicted molar refractivity (Wildman–Crippen MR) is 38.0 cm³/mol. The molecule has 0 aromatic rings. The third kappa shape index (κ3) is 2.42. The van der Waals surface area contributed by atoms with E-state index in [4.69, 9.17) is 3.85 Å². The number of hydrogen-bond acceptors (Lipinski definition) is 4. The standard InChI is InChI=1S/C4H5NO2.C3H7O.Co.O/c6-3-1-2-4(7)5-3;1-2-3-4;;/h1-2H2,(H,5,6,7);2-3H2,1H3;;/q;-1;+2;/p-1. The van der Waals surface area contributed by atoms with E-state index in [1.165, 1.54) is 0 Å². The summed E-state index contributed by atoms with van der Waals surface area (Å²) in [6.45, 7) is 2.15. The Morgan fingerprint density at radius 3 is 2.38 bits per heavy atom. The maximum atomic E-state index is 11.2. The van der Waals surface area contributed by atoms with Crippen LogP contribution < -0.4 is 0 Å². The van der Waals surface area contributed by atoms with Gasteiger partial charge in [-0.05, 0) is 0 Å². The van der Waals surface area contributed by atoms with Crippen LogP contribution in [0.2, 0.25) is 0 Å². The van der Waals surface area contributed by atoms with Crippen molar-refractivity contribution in [2.45, 2.75) is 26.2 Å². The van der Waals surface area contributed by atoms with Crippen LogP contribution in [0.1, 0.15) is 26.2 Å². The van der Waals surface area contributed by atoms with E-state index in [2.05, 4.69) is 0 Å². The fourth-order valence-corrected chi connectivity index (χ4v) is 2.03. The molecule has 0 aromatic heterocycles. The third-order valence-electron chi connectivity index (χ3n) is 1.44. The van der Waals surface area contributed by atoms with E-state index in [0.29, 0.717) is 13.0 Å². The number of imide groups is 1. The minimum absolute atomic E-state index is 0.148. The number of nitrogens with zero attached hydrogens (tertiary/aromatic N) is 1. The first-order chi connectivity index (χ1) is 6.16. The van der Waals surface area contributed by atoms with Crippen molar-refractivity contribution in [3.63, 3.8) is 0 Å². The second-order valence-electron chi connectivity index (χ2n) is 2.53. The average molecular weight is 232 g/mol. The fraction of sp³-hybridized carbons (Fsp3) is 0.714. The summed E-state index contributed by atoms with van der Waals surface area (Å²) < 4.78 is 16.8. The Morgan fingerprint density at radius 2 is 1.92 bits per heavy atom. The molecule has 0 atom stereocenters. The van der Waals surface area contributed by atoms with Crippen LogP contribution in [0.5, 0.6) is 0 Å². The van der Waals surface area contributed by atoms with Gasteiger partial charge in [-0.15, -0.1) is 0 Å². The van der Waals surface area contributed by atoms with Crippen LogP contribution in [0.3, 0.4) is 0 Å². The van der Waals surface area contributed by atoms with Gasteiger partial charge in [0.25, 0.3) is 0 Å². The molecule has 0 N–H and O–H groups in total. The van der Waals surface area contributed by atoms with Crippen molar-refractivity contribution < 1.29 is 31.4 Å². The van der Waals surface area contributed by atoms with Gasteiger partial charge in [0.15, 0.2) is 0 Å². The summed E-state index contributed by atoms with van der Waals surface area (Å²) in [4.78, 5) is 22.1. The van der Waals surface area contributed by atoms with Gasteiger partial charge in [0.1, 0.15) is 0 Å². The van der Waals surface area contributed by atoms with Crippen LogP contribution >= 0.6 is 0 Å². The normalized spacial score (nSPS) is 18.2. The molecule has 0 radical (unpaired) electrons. The topological polar surface area (TPSA) is 63.7 Å². The van der Waals surface area contributed by atoms with Crippen LogP contribution in [0, 0.1) is 0 Å². The maximum absolute atomic E-state index is 11.2. The summed E-state index contributed by atoms with van der Waals surface area (Å²) >= 11 is -2.26. The van der Waals surface area contributed by atoms with E-state index in [1.54, 1.807) is 0 Å². The van der Waals surface area contributed by atoms with Gasteiger partial charge in [-0.3, -0.25) is 0 Å². The molecule has 6 heteroatoms. The van der Waals surface area contributed by atoms with Gasteiger partial charge in [0, 0.05) is 0 Å². The Hall–Kier alpha value is -0.594. The first kappa shape index (κ1) is 10.5. The van der Waals surface area contributed by atoms with E-state index >= 15 is 0 Å². The van der Waals surface area contributed by atoms with Crippen molar-refractivity contribution in [2.24, 2.45) is 0 Å². The van der Waals surface area contributed by atoms with Crippen molar-refractivity contribution in [2.75, 3.05) is 6.61 Å². The van der Waals surface area contributed by atoms with E-state index in [-0.39, 0.29) is 12.8 Å². The monoisotopic (exact) mass is 232 g/mol.